The van der Waals surface area contributed by atoms with Gasteiger partial charge in [0.05, 0.1) is 37.5 Å². The number of rotatable bonds is 39. The number of aliphatic hydroxyl groups is 4. The summed E-state index contributed by atoms with van der Waals surface area (Å²) in [4.78, 5) is 120. The number of nitrogens with one attached hydrogen (secondary N) is 7. The average molecular weight is 1150 g/mol. The number of nitrogens with two attached hydrogens (primary N) is 2. The van der Waals surface area contributed by atoms with Crippen molar-refractivity contribution in [2.24, 2.45) is 23.3 Å². The summed E-state index contributed by atoms with van der Waals surface area (Å²) in [7, 11) is 3.30. The number of Topliss-reactive ketones (excluding diaryl/α,β-unsaturated/α-hetero) is 2. The second kappa shape index (κ2) is 46.7. The van der Waals surface area contributed by atoms with Crippen LogP contribution in [0.1, 0.15) is 128 Å². The monoisotopic (exact) mass is 1150 g/mol. The van der Waals surface area contributed by atoms with Gasteiger partial charge in [0.25, 0.3) is 0 Å². The Kier molecular flexibility index (Phi) is 42.6. The zero-order valence-electron chi connectivity index (χ0n) is 47.6. The summed E-state index contributed by atoms with van der Waals surface area (Å²) in [6.45, 7) is 3.87. The molecule has 0 bridgehead atoms. The van der Waals surface area contributed by atoms with E-state index < -0.39 is 79.0 Å². The maximum absolute atomic E-state index is 12.8. The van der Waals surface area contributed by atoms with Gasteiger partial charge in [-0.3, -0.25) is 38.4 Å². The standard InChI is InChI=1S/C28H44N4O8.C19H27N3O7.C9H20N2O/c1-3-21(27(38)29-2)11-7-8-16-30-25(36)14-12-23(24(35)13-15-26(37)31-17-22(34)18-33)32-28(39)40-19-20-9-5-4-6-10-20;20-17(26)8-6-15(16(25)7-9-18(27)21-10-14(24)11-23)22-19(28)29-12-13-4-2-1-3-5-13;1-3-8(9(12)11-2)6-4-5-7-10/h4-6,9-10,21-23,33-34H,3,7-8,11-19H2,1-2H3,(H,29,38)(H,30,36)(H,31,37)(H,32,39);1-5,14-15,23-24H,6-12H2,(H2,20,26)(H,21,27)(H,22,28);8H,3-7,10H2,1-2H3,(H,11,12)/t21?,22?,23-;14?,15-;/m00./s1. The van der Waals surface area contributed by atoms with E-state index in [1.807, 2.05) is 26.0 Å². The Labute approximate surface area is 475 Å². The normalized spacial score (nSPS) is 12.7. The lowest BCUT2D eigenvalue weighted by Crippen LogP contribution is -2.42. The number of ketones is 2. The fourth-order valence-corrected chi connectivity index (χ4v) is 7.41. The molecule has 0 saturated heterocycles. The largest absolute Gasteiger partial charge is 0.445 e. The van der Waals surface area contributed by atoms with Crippen molar-refractivity contribution < 1.29 is 77.8 Å². The van der Waals surface area contributed by atoms with Crippen LogP contribution >= 0.6 is 0 Å². The molecule has 0 aliphatic carbocycles. The van der Waals surface area contributed by atoms with Crippen molar-refractivity contribution in [3.8, 4) is 0 Å². The number of hydrogen-bond donors (Lipinski definition) is 13. The highest BCUT2D eigenvalue weighted by Crippen LogP contribution is 2.14. The van der Waals surface area contributed by atoms with E-state index >= 15 is 0 Å². The minimum Gasteiger partial charge on any atom is -0.445 e. The first-order valence-electron chi connectivity index (χ1n) is 27.6. The van der Waals surface area contributed by atoms with Gasteiger partial charge < -0.3 is 78.6 Å². The zero-order chi connectivity index (χ0) is 60.8. The number of unbranched alkanes of at least 4 members (excludes halogenated alkanes) is 2. The SMILES string of the molecule is CCC(CCCCN)C(=O)NC.CCC(CCCCNC(=O)CC[C@H](NC(=O)OCc1ccccc1)C(=O)CCC(=O)NCC(O)CO)C(=O)NC.NC(=O)CC[C@H](NC(=O)OCc1ccccc1)C(=O)CCC(=O)NCC(O)CO. The average Bonchev–Trinajstić information content (AvgIpc) is 3.47. The highest BCUT2D eigenvalue weighted by atomic mass is 16.6. The molecule has 0 spiro atoms. The Morgan fingerprint density at radius 3 is 1.28 bits per heavy atom. The lowest BCUT2D eigenvalue weighted by atomic mass is 9.98. The molecule has 0 radical (unpaired) electrons. The number of hydrogen-bond acceptors (Lipinski definition) is 17. The summed E-state index contributed by atoms with van der Waals surface area (Å²) < 4.78 is 10.3. The zero-order valence-corrected chi connectivity index (χ0v) is 47.6. The van der Waals surface area contributed by atoms with Crippen LogP contribution in [-0.4, -0.2) is 157 Å². The van der Waals surface area contributed by atoms with Gasteiger partial charge in [-0.15, -0.1) is 0 Å². The van der Waals surface area contributed by atoms with Gasteiger partial charge in [-0.25, -0.2) is 9.59 Å². The first-order valence-corrected chi connectivity index (χ1v) is 27.6. The van der Waals surface area contributed by atoms with Crippen LogP contribution < -0.4 is 48.7 Å². The van der Waals surface area contributed by atoms with Gasteiger partial charge in [-0.1, -0.05) is 87.4 Å². The number of primary amides is 1. The molecule has 4 unspecified atom stereocenters. The second-order valence-electron chi connectivity index (χ2n) is 18.8. The third-order valence-electron chi connectivity index (χ3n) is 12.3. The third kappa shape index (κ3) is 38.3. The molecule has 2 aromatic carbocycles. The molecule has 2 rings (SSSR count). The fourth-order valence-electron chi connectivity index (χ4n) is 7.41. The van der Waals surface area contributed by atoms with Crippen LogP contribution in [0.5, 0.6) is 0 Å². The van der Waals surface area contributed by atoms with Crippen LogP contribution in [0, 0.1) is 11.8 Å². The molecule has 456 valence electrons. The van der Waals surface area contributed by atoms with E-state index in [1.165, 1.54) is 0 Å². The van der Waals surface area contributed by atoms with Crippen LogP contribution in [0.25, 0.3) is 0 Å². The minimum atomic E-state index is -1.10. The van der Waals surface area contributed by atoms with Crippen molar-refractivity contribution in [3.63, 3.8) is 0 Å². The molecule has 25 heteroatoms. The quantitative estimate of drug-likeness (QED) is 0.0418. The van der Waals surface area contributed by atoms with Crippen LogP contribution in [0.3, 0.4) is 0 Å². The van der Waals surface area contributed by atoms with Gasteiger partial charge >= 0.3 is 12.2 Å². The molecule has 15 N–H and O–H groups in total. The molecule has 81 heavy (non-hydrogen) atoms. The highest BCUT2D eigenvalue weighted by Gasteiger charge is 2.25. The van der Waals surface area contributed by atoms with Gasteiger partial charge in [-0.05, 0) is 69.0 Å². The Balaban J connectivity index is 0.00000135. The van der Waals surface area contributed by atoms with Gasteiger partial charge in [0.2, 0.25) is 35.4 Å². The number of benzene rings is 2. The molecular weight excluding hydrogens is 1050 g/mol. The topological polar surface area (TPSA) is 406 Å². The predicted molar refractivity (Wildman–Crippen MR) is 301 cm³/mol. The Bertz CT molecular complexity index is 2140. The van der Waals surface area contributed by atoms with Crippen LogP contribution in [0.2, 0.25) is 0 Å². The third-order valence-corrected chi connectivity index (χ3v) is 12.3. The molecule has 0 heterocycles. The van der Waals surface area contributed by atoms with Crippen molar-refractivity contribution in [3.05, 3.63) is 71.8 Å². The Hall–Kier alpha value is -7.06. The number of carbonyl (C=O) groups excluding carboxylic acids is 10. The van der Waals surface area contributed by atoms with Crippen molar-refractivity contribution in [2.75, 3.05) is 53.5 Å². The van der Waals surface area contributed by atoms with Gasteiger partial charge in [0, 0.05) is 84.1 Å². The second-order valence-corrected chi connectivity index (χ2v) is 18.8. The number of amides is 8. The highest BCUT2D eigenvalue weighted by molar-refractivity contribution is 5.92. The number of aliphatic hydroxyl groups excluding tert-OH is 4. The summed E-state index contributed by atoms with van der Waals surface area (Å²) in [5, 5.41) is 53.9. The molecule has 8 amide bonds. The predicted octanol–water partition coefficient (Wildman–Crippen LogP) is 1.19. The lowest BCUT2D eigenvalue weighted by molar-refractivity contribution is -0.127. The van der Waals surface area contributed by atoms with Crippen molar-refractivity contribution in [1.29, 1.82) is 0 Å². The molecule has 0 fully saturated rings. The molecule has 0 saturated carbocycles. The maximum Gasteiger partial charge on any atom is 0.408 e. The summed E-state index contributed by atoms with van der Waals surface area (Å²) in [5.74, 6) is -2.50. The summed E-state index contributed by atoms with van der Waals surface area (Å²) >= 11 is 0. The van der Waals surface area contributed by atoms with Gasteiger partial charge in [0.1, 0.15) is 13.2 Å². The van der Waals surface area contributed by atoms with E-state index in [0.29, 0.717) is 13.0 Å². The smallest absolute Gasteiger partial charge is 0.408 e. The van der Waals surface area contributed by atoms with Crippen LogP contribution in [0.4, 0.5) is 9.59 Å². The Morgan fingerprint density at radius 2 is 0.914 bits per heavy atom. The van der Waals surface area contributed by atoms with Crippen LogP contribution in [-0.2, 0) is 61.0 Å². The molecule has 0 aliphatic rings. The molecule has 2 aromatic rings. The van der Waals surface area contributed by atoms with E-state index in [9.17, 15) is 58.2 Å². The van der Waals surface area contributed by atoms with E-state index in [2.05, 4.69) is 37.2 Å². The first kappa shape index (κ1) is 73.9. The number of alkyl carbamates (subject to hydrolysis) is 2. The Morgan fingerprint density at radius 1 is 0.519 bits per heavy atom. The molecule has 0 aromatic heterocycles. The van der Waals surface area contributed by atoms with Gasteiger partial charge in [-0.2, -0.15) is 0 Å². The summed E-state index contributed by atoms with van der Waals surface area (Å²) in [5.41, 5.74) is 12.0. The van der Waals surface area contributed by atoms with Crippen molar-refractivity contribution in [1.82, 2.24) is 37.2 Å². The van der Waals surface area contributed by atoms with Crippen molar-refractivity contribution >= 4 is 59.2 Å². The first-order chi connectivity index (χ1) is 38.8. The lowest BCUT2D eigenvalue weighted by Gasteiger charge is -2.18. The number of carbonyl (C=O) groups is 10. The fraction of sp³-hybridized carbons (Fsp3) is 0.607. The van der Waals surface area contributed by atoms with Crippen molar-refractivity contribution in [2.45, 2.75) is 154 Å². The van der Waals surface area contributed by atoms with Gasteiger partial charge in [0.15, 0.2) is 11.6 Å². The van der Waals surface area contributed by atoms with E-state index in [1.54, 1.807) is 62.6 Å². The van der Waals surface area contributed by atoms with Crippen LogP contribution in [0.15, 0.2) is 60.7 Å². The van der Waals surface area contributed by atoms with E-state index in [0.717, 1.165) is 62.6 Å². The summed E-state index contributed by atoms with van der Waals surface area (Å²) in [6.07, 6.45) is 2.19. The van der Waals surface area contributed by atoms with E-state index in [-0.39, 0.29) is 107 Å². The molecule has 25 nitrogen and oxygen atoms in total. The number of ether oxygens (including phenoxy) is 2. The van der Waals surface area contributed by atoms with E-state index in [4.69, 9.17) is 31.2 Å². The molecular formula is C56H91N9O16. The molecule has 0 aliphatic heterocycles. The maximum atomic E-state index is 12.8. The summed E-state index contributed by atoms with van der Waals surface area (Å²) in [6, 6.07) is 15.9. The molecule has 6 atom stereocenters. The minimum absolute atomic E-state index is 0.00244.